The Bertz CT molecular complexity index is 792. The van der Waals surface area contributed by atoms with Gasteiger partial charge in [0.05, 0.1) is 5.92 Å². The molecule has 3 atom stereocenters. The topological polar surface area (TPSA) is 84.0 Å². The van der Waals surface area contributed by atoms with E-state index in [1.807, 2.05) is 30.3 Å². The van der Waals surface area contributed by atoms with Gasteiger partial charge in [0.2, 0.25) is 16.9 Å². The minimum Gasteiger partial charge on any atom is -0.353 e. The summed E-state index contributed by atoms with van der Waals surface area (Å²) < 4.78 is 0. The van der Waals surface area contributed by atoms with E-state index in [-0.39, 0.29) is 36.1 Å². The van der Waals surface area contributed by atoms with Crippen molar-refractivity contribution in [1.82, 2.24) is 15.5 Å². The second kappa shape index (κ2) is 7.53. The number of hydrogen-bond acceptors (Lipinski definition) is 5. The van der Waals surface area contributed by atoms with Gasteiger partial charge in [-0.25, -0.2) is 0 Å². The lowest BCUT2D eigenvalue weighted by molar-refractivity contribution is -0.134. The lowest BCUT2D eigenvalue weighted by Gasteiger charge is -2.40. The molecule has 1 aliphatic carbocycles. The average molecular weight is 370 g/mol. The molecule has 26 heavy (non-hydrogen) atoms. The van der Waals surface area contributed by atoms with Crippen LogP contribution >= 0.6 is 11.3 Å². The van der Waals surface area contributed by atoms with Crippen LogP contribution in [0.15, 0.2) is 30.3 Å². The highest BCUT2D eigenvalue weighted by Gasteiger charge is 2.41. The second-order valence-electron chi connectivity index (χ2n) is 7.09. The van der Waals surface area contributed by atoms with Gasteiger partial charge in [-0.1, -0.05) is 54.5 Å². The summed E-state index contributed by atoms with van der Waals surface area (Å²) in [6, 6.07) is 10.2. The molecule has 1 saturated carbocycles. The molecule has 2 aliphatic rings. The van der Waals surface area contributed by atoms with Crippen LogP contribution in [0.3, 0.4) is 0 Å². The van der Waals surface area contributed by atoms with Gasteiger partial charge in [0.1, 0.15) is 5.01 Å². The van der Waals surface area contributed by atoms with Crippen molar-refractivity contribution in [2.45, 2.75) is 44.6 Å². The van der Waals surface area contributed by atoms with Crippen molar-refractivity contribution in [2.24, 2.45) is 11.8 Å². The highest BCUT2D eigenvalue weighted by molar-refractivity contribution is 7.15. The smallest absolute Gasteiger partial charge is 0.230 e. The molecule has 1 saturated heterocycles. The van der Waals surface area contributed by atoms with Gasteiger partial charge in [0.25, 0.3) is 0 Å². The fraction of sp³-hybridized carbons (Fsp3) is 0.474. The fourth-order valence-electron chi connectivity index (χ4n) is 4.07. The predicted molar refractivity (Wildman–Crippen MR) is 99.8 cm³/mol. The maximum atomic E-state index is 12.8. The summed E-state index contributed by atoms with van der Waals surface area (Å²) in [5.41, 5.74) is 1.16. The third kappa shape index (κ3) is 3.77. The minimum absolute atomic E-state index is 0.0182. The third-order valence-electron chi connectivity index (χ3n) is 5.32. The molecule has 3 unspecified atom stereocenters. The molecule has 6 nitrogen and oxygen atoms in total. The zero-order valence-corrected chi connectivity index (χ0v) is 15.3. The van der Waals surface area contributed by atoms with Gasteiger partial charge in [-0.3, -0.25) is 9.59 Å². The molecule has 1 aliphatic heterocycles. The van der Waals surface area contributed by atoms with Gasteiger partial charge in [0.15, 0.2) is 0 Å². The minimum atomic E-state index is -0.268. The molecule has 136 valence electrons. The first kappa shape index (κ1) is 17.1. The zero-order valence-electron chi connectivity index (χ0n) is 14.5. The first-order valence-corrected chi connectivity index (χ1v) is 9.97. The van der Waals surface area contributed by atoms with Crippen LogP contribution in [0.2, 0.25) is 0 Å². The Kier molecular flexibility index (Phi) is 4.97. The lowest BCUT2D eigenvalue weighted by atomic mass is 9.72. The van der Waals surface area contributed by atoms with Crippen molar-refractivity contribution in [3.63, 3.8) is 0 Å². The number of nitrogens with zero attached hydrogens (tertiary/aromatic N) is 2. The molecule has 1 aromatic carbocycles. The predicted octanol–water partition coefficient (Wildman–Crippen LogP) is 2.76. The van der Waals surface area contributed by atoms with Crippen LogP contribution < -0.4 is 10.6 Å². The van der Waals surface area contributed by atoms with Crippen LogP contribution in [0.4, 0.5) is 5.13 Å². The monoisotopic (exact) mass is 370 g/mol. The van der Waals surface area contributed by atoms with Crippen molar-refractivity contribution in [3.8, 4) is 0 Å². The molecule has 2 N–H and O–H groups in total. The summed E-state index contributed by atoms with van der Waals surface area (Å²) in [5.74, 6) is -0.150. The lowest BCUT2D eigenvalue weighted by Crippen LogP contribution is -2.53. The zero-order chi connectivity index (χ0) is 17.9. The first-order chi connectivity index (χ1) is 12.7. The molecule has 2 amide bonds. The number of benzene rings is 1. The Hall–Kier alpha value is -2.28. The van der Waals surface area contributed by atoms with Crippen LogP contribution in [-0.2, 0) is 16.0 Å². The second-order valence-corrected chi connectivity index (χ2v) is 8.15. The molecule has 2 heterocycles. The van der Waals surface area contributed by atoms with E-state index in [4.69, 9.17) is 0 Å². The van der Waals surface area contributed by atoms with Crippen molar-refractivity contribution >= 4 is 28.3 Å². The van der Waals surface area contributed by atoms with E-state index < -0.39 is 0 Å². The summed E-state index contributed by atoms with van der Waals surface area (Å²) >= 11 is 1.40. The number of aromatic nitrogens is 2. The Morgan fingerprint density at radius 1 is 1.19 bits per heavy atom. The van der Waals surface area contributed by atoms with Crippen molar-refractivity contribution < 1.29 is 9.59 Å². The van der Waals surface area contributed by atoms with Gasteiger partial charge < -0.3 is 10.6 Å². The number of nitrogens with one attached hydrogen (secondary N) is 2. The number of rotatable bonds is 4. The van der Waals surface area contributed by atoms with Crippen LogP contribution in [0.5, 0.6) is 0 Å². The van der Waals surface area contributed by atoms with Gasteiger partial charge in [-0.05, 0) is 24.3 Å². The molecule has 0 spiro atoms. The highest BCUT2D eigenvalue weighted by Crippen LogP contribution is 2.36. The standard InChI is InChI=1S/C19H22N4O2S/c24-16-11-14(13-8-4-5-9-15(13)20-16)18(25)21-19-23-22-17(26-19)10-12-6-2-1-3-7-12/h1-3,6-7,13-15H,4-5,8-11H2,(H,20,24)(H,21,23,25). The Morgan fingerprint density at radius 3 is 2.85 bits per heavy atom. The van der Waals surface area contributed by atoms with Crippen LogP contribution in [0, 0.1) is 11.8 Å². The highest BCUT2D eigenvalue weighted by atomic mass is 32.1. The van der Waals surface area contributed by atoms with Gasteiger partial charge in [-0.2, -0.15) is 0 Å². The number of fused-ring (bicyclic) bond motifs is 1. The summed E-state index contributed by atoms with van der Waals surface area (Å²) in [6.45, 7) is 0. The maximum Gasteiger partial charge on any atom is 0.230 e. The summed E-state index contributed by atoms with van der Waals surface area (Å²) in [7, 11) is 0. The normalized spacial score (nSPS) is 25.2. The molecule has 1 aromatic heterocycles. The fourth-order valence-corrected chi connectivity index (χ4v) is 4.85. The van der Waals surface area contributed by atoms with E-state index >= 15 is 0 Å². The molecular weight excluding hydrogens is 348 g/mol. The van der Waals surface area contributed by atoms with E-state index in [0.717, 1.165) is 36.3 Å². The summed E-state index contributed by atoms with van der Waals surface area (Å²) in [4.78, 5) is 24.8. The number of carbonyl (C=O) groups is 2. The Labute approximate surface area is 156 Å². The van der Waals surface area contributed by atoms with E-state index in [2.05, 4.69) is 20.8 Å². The van der Waals surface area contributed by atoms with E-state index in [9.17, 15) is 9.59 Å². The molecule has 0 bridgehead atoms. The Balaban J connectivity index is 1.42. The van der Waals surface area contributed by atoms with Gasteiger partial charge in [-0.15, -0.1) is 10.2 Å². The van der Waals surface area contributed by atoms with E-state index in [0.29, 0.717) is 11.6 Å². The van der Waals surface area contributed by atoms with Crippen molar-refractivity contribution in [2.75, 3.05) is 5.32 Å². The first-order valence-electron chi connectivity index (χ1n) is 9.15. The number of anilines is 1. The number of hydrogen-bond donors (Lipinski definition) is 2. The van der Waals surface area contributed by atoms with E-state index in [1.54, 1.807) is 0 Å². The molecule has 2 fully saturated rings. The molecule has 0 radical (unpaired) electrons. The number of amides is 2. The number of piperidine rings is 1. The quantitative estimate of drug-likeness (QED) is 0.867. The van der Waals surface area contributed by atoms with Crippen LogP contribution in [0.25, 0.3) is 0 Å². The molecule has 7 heteroatoms. The van der Waals surface area contributed by atoms with Crippen LogP contribution in [0.1, 0.15) is 42.7 Å². The van der Waals surface area contributed by atoms with E-state index in [1.165, 1.54) is 11.3 Å². The number of carbonyl (C=O) groups excluding carboxylic acids is 2. The largest absolute Gasteiger partial charge is 0.353 e. The van der Waals surface area contributed by atoms with Crippen LogP contribution in [-0.4, -0.2) is 28.1 Å². The Morgan fingerprint density at radius 2 is 2.00 bits per heavy atom. The van der Waals surface area contributed by atoms with Gasteiger partial charge in [0, 0.05) is 18.9 Å². The van der Waals surface area contributed by atoms with Crippen molar-refractivity contribution in [1.29, 1.82) is 0 Å². The summed E-state index contributed by atoms with van der Waals surface area (Å²) in [6.07, 6.45) is 5.18. The average Bonchev–Trinajstić information content (AvgIpc) is 3.08. The van der Waals surface area contributed by atoms with Crippen molar-refractivity contribution in [3.05, 3.63) is 40.9 Å². The summed E-state index contributed by atoms with van der Waals surface area (Å²) in [5, 5.41) is 15.6. The molecular formula is C19H22N4O2S. The third-order valence-corrected chi connectivity index (χ3v) is 6.16. The molecule has 2 aromatic rings. The molecule has 4 rings (SSSR count). The SMILES string of the molecule is O=C1CC(C(=O)Nc2nnc(Cc3ccccc3)s2)C2CCCCC2N1. The van der Waals surface area contributed by atoms with Gasteiger partial charge >= 0.3 is 0 Å². The maximum absolute atomic E-state index is 12.8.